The van der Waals surface area contributed by atoms with Crippen LogP contribution in [0.1, 0.15) is 28.5 Å². The second kappa shape index (κ2) is 4.35. The van der Waals surface area contributed by atoms with E-state index < -0.39 is 5.60 Å². The maximum Gasteiger partial charge on any atom is 0.0965 e. The van der Waals surface area contributed by atoms with Gasteiger partial charge in [0.25, 0.3) is 0 Å². The van der Waals surface area contributed by atoms with Crippen LogP contribution in [-0.4, -0.2) is 5.11 Å². The molecule has 0 spiro atoms. The number of hydrogen-bond acceptors (Lipinski definition) is 3. The average molecular weight is 280 g/mol. The standard InChI is InChI=1S/C14H14ClNOS/c15-13-6-5-9(18-13)7-14(17)8-12(16)10-3-1-2-4-11(10)14/h1-6,12,17H,7-8,16H2. The van der Waals surface area contributed by atoms with Crippen molar-refractivity contribution in [2.24, 2.45) is 5.73 Å². The Labute approximate surface area is 115 Å². The minimum atomic E-state index is -0.857. The van der Waals surface area contributed by atoms with Crippen molar-refractivity contribution in [2.75, 3.05) is 0 Å². The van der Waals surface area contributed by atoms with Gasteiger partial charge in [0, 0.05) is 17.3 Å². The van der Waals surface area contributed by atoms with Gasteiger partial charge in [-0.25, -0.2) is 0 Å². The lowest BCUT2D eigenvalue weighted by atomic mass is 9.91. The molecule has 0 aliphatic heterocycles. The number of rotatable bonds is 2. The van der Waals surface area contributed by atoms with Gasteiger partial charge in [0.15, 0.2) is 0 Å². The second-order valence-electron chi connectivity index (χ2n) is 4.81. The molecule has 4 heteroatoms. The third-order valence-electron chi connectivity index (χ3n) is 3.51. The number of fused-ring (bicyclic) bond motifs is 1. The van der Waals surface area contributed by atoms with Crippen molar-refractivity contribution in [3.8, 4) is 0 Å². The summed E-state index contributed by atoms with van der Waals surface area (Å²) in [6.07, 6.45) is 1.15. The van der Waals surface area contributed by atoms with Crippen molar-refractivity contribution in [3.05, 3.63) is 56.7 Å². The average Bonchev–Trinajstić information content (AvgIpc) is 2.84. The van der Waals surface area contributed by atoms with Crippen LogP contribution < -0.4 is 5.73 Å². The first-order valence-corrected chi connectivity index (χ1v) is 7.09. The Morgan fingerprint density at radius 1 is 1.33 bits per heavy atom. The van der Waals surface area contributed by atoms with E-state index in [2.05, 4.69) is 0 Å². The first kappa shape index (κ1) is 12.2. The highest BCUT2D eigenvalue weighted by molar-refractivity contribution is 7.16. The molecule has 0 saturated heterocycles. The normalized spacial score (nSPS) is 26.3. The predicted molar refractivity (Wildman–Crippen MR) is 74.9 cm³/mol. The molecule has 2 atom stereocenters. The third-order valence-corrected chi connectivity index (χ3v) is 4.75. The molecule has 1 aromatic carbocycles. The summed E-state index contributed by atoms with van der Waals surface area (Å²) in [5, 5.41) is 10.9. The van der Waals surface area contributed by atoms with Crippen LogP contribution in [0.25, 0.3) is 0 Å². The van der Waals surface area contributed by atoms with Gasteiger partial charge in [-0.15, -0.1) is 11.3 Å². The summed E-state index contributed by atoms with van der Waals surface area (Å²) < 4.78 is 0.754. The minimum Gasteiger partial charge on any atom is -0.385 e. The molecule has 1 heterocycles. The summed E-state index contributed by atoms with van der Waals surface area (Å²) in [7, 11) is 0. The molecule has 0 fully saturated rings. The molecular weight excluding hydrogens is 266 g/mol. The van der Waals surface area contributed by atoms with Crippen molar-refractivity contribution in [3.63, 3.8) is 0 Å². The second-order valence-corrected chi connectivity index (χ2v) is 6.61. The summed E-state index contributed by atoms with van der Waals surface area (Å²) in [4.78, 5) is 1.09. The van der Waals surface area contributed by atoms with Gasteiger partial charge in [-0.05, 0) is 29.7 Å². The Hall–Kier alpha value is -0.870. The fourth-order valence-electron chi connectivity index (χ4n) is 2.73. The van der Waals surface area contributed by atoms with Crippen molar-refractivity contribution in [2.45, 2.75) is 24.5 Å². The number of aliphatic hydroxyl groups is 1. The molecule has 3 rings (SSSR count). The molecule has 1 aliphatic rings. The van der Waals surface area contributed by atoms with Crippen LogP contribution in [0.4, 0.5) is 0 Å². The van der Waals surface area contributed by atoms with E-state index in [9.17, 15) is 5.11 Å². The van der Waals surface area contributed by atoms with Gasteiger partial charge in [-0.3, -0.25) is 0 Å². The molecule has 2 unspecified atom stereocenters. The van der Waals surface area contributed by atoms with Gasteiger partial charge < -0.3 is 10.8 Å². The maximum atomic E-state index is 10.9. The van der Waals surface area contributed by atoms with Gasteiger partial charge in [-0.2, -0.15) is 0 Å². The molecule has 18 heavy (non-hydrogen) atoms. The van der Waals surface area contributed by atoms with E-state index in [1.165, 1.54) is 11.3 Å². The van der Waals surface area contributed by atoms with E-state index in [0.29, 0.717) is 12.8 Å². The summed E-state index contributed by atoms with van der Waals surface area (Å²) in [5.74, 6) is 0. The topological polar surface area (TPSA) is 46.2 Å². The molecular formula is C14H14ClNOS. The zero-order valence-corrected chi connectivity index (χ0v) is 11.3. The van der Waals surface area contributed by atoms with Crippen molar-refractivity contribution < 1.29 is 5.11 Å². The van der Waals surface area contributed by atoms with Gasteiger partial charge in [0.1, 0.15) is 0 Å². The highest BCUT2D eigenvalue weighted by Gasteiger charge is 2.40. The molecule has 0 saturated carbocycles. The van der Waals surface area contributed by atoms with Crippen molar-refractivity contribution in [1.82, 2.24) is 0 Å². The lowest BCUT2D eigenvalue weighted by Crippen LogP contribution is -2.26. The molecule has 3 N–H and O–H groups in total. The Morgan fingerprint density at radius 3 is 2.83 bits per heavy atom. The van der Waals surface area contributed by atoms with Gasteiger partial charge >= 0.3 is 0 Å². The van der Waals surface area contributed by atoms with E-state index >= 15 is 0 Å². The van der Waals surface area contributed by atoms with E-state index in [4.69, 9.17) is 17.3 Å². The fourth-order valence-corrected chi connectivity index (χ4v) is 3.92. The van der Waals surface area contributed by atoms with E-state index in [-0.39, 0.29) is 6.04 Å². The first-order valence-electron chi connectivity index (χ1n) is 5.90. The van der Waals surface area contributed by atoms with Crippen LogP contribution in [0.2, 0.25) is 4.34 Å². The maximum absolute atomic E-state index is 10.9. The number of nitrogens with two attached hydrogens (primary N) is 1. The molecule has 94 valence electrons. The molecule has 0 radical (unpaired) electrons. The first-order chi connectivity index (χ1) is 8.58. The third kappa shape index (κ3) is 1.97. The van der Waals surface area contributed by atoms with E-state index in [1.807, 2.05) is 36.4 Å². The Bertz CT molecular complexity index is 583. The van der Waals surface area contributed by atoms with Crippen molar-refractivity contribution >= 4 is 22.9 Å². The molecule has 2 aromatic rings. The molecule has 2 nitrogen and oxygen atoms in total. The van der Waals surface area contributed by atoms with Gasteiger partial charge in [0.05, 0.1) is 9.94 Å². The van der Waals surface area contributed by atoms with Crippen LogP contribution >= 0.6 is 22.9 Å². The molecule has 0 amide bonds. The molecule has 0 bridgehead atoms. The number of thiophene rings is 1. The van der Waals surface area contributed by atoms with Crippen LogP contribution in [0.5, 0.6) is 0 Å². The molecule has 1 aliphatic carbocycles. The number of halogens is 1. The van der Waals surface area contributed by atoms with Crippen LogP contribution in [0.3, 0.4) is 0 Å². The number of hydrogen-bond donors (Lipinski definition) is 2. The zero-order valence-electron chi connectivity index (χ0n) is 9.77. The van der Waals surface area contributed by atoms with Gasteiger partial charge in [0.2, 0.25) is 0 Å². The lowest BCUT2D eigenvalue weighted by Gasteiger charge is -2.23. The summed E-state index contributed by atoms with van der Waals surface area (Å²) >= 11 is 7.45. The van der Waals surface area contributed by atoms with Gasteiger partial charge in [-0.1, -0.05) is 35.9 Å². The largest absolute Gasteiger partial charge is 0.385 e. The SMILES string of the molecule is NC1CC(O)(Cc2ccc(Cl)s2)c2ccccc21. The highest BCUT2D eigenvalue weighted by Crippen LogP contribution is 2.44. The van der Waals surface area contributed by atoms with Crippen LogP contribution in [0.15, 0.2) is 36.4 Å². The quantitative estimate of drug-likeness (QED) is 0.886. The monoisotopic (exact) mass is 279 g/mol. The van der Waals surface area contributed by atoms with E-state index in [1.54, 1.807) is 0 Å². The number of benzene rings is 1. The van der Waals surface area contributed by atoms with Crippen molar-refractivity contribution in [1.29, 1.82) is 0 Å². The minimum absolute atomic E-state index is 0.0818. The Morgan fingerprint density at radius 2 is 2.11 bits per heavy atom. The molecule has 1 aromatic heterocycles. The highest BCUT2D eigenvalue weighted by atomic mass is 35.5. The predicted octanol–water partition coefficient (Wildman–Crippen LogP) is 3.24. The van der Waals surface area contributed by atoms with E-state index in [0.717, 1.165) is 20.3 Å². The smallest absolute Gasteiger partial charge is 0.0965 e. The Balaban J connectivity index is 1.97. The van der Waals surface area contributed by atoms with Crippen LogP contribution in [-0.2, 0) is 12.0 Å². The fraction of sp³-hybridized carbons (Fsp3) is 0.286. The Kier molecular flexibility index (Phi) is 2.94. The zero-order chi connectivity index (χ0) is 12.8. The summed E-state index contributed by atoms with van der Waals surface area (Å²) in [6.45, 7) is 0. The van der Waals surface area contributed by atoms with Crippen LogP contribution in [0, 0.1) is 0 Å². The summed E-state index contributed by atoms with van der Waals surface area (Å²) in [5.41, 5.74) is 7.26. The summed E-state index contributed by atoms with van der Waals surface area (Å²) in [6, 6.07) is 11.6. The lowest BCUT2D eigenvalue weighted by molar-refractivity contribution is 0.0350.